The van der Waals surface area contributed by atoms with Crippen LogP contribution in [0.1, 0.15) is 35.6 Å². The van der Waals surface area contributed by atoms with Gasteiger partial charge in [0.1, 0.15) is 5.56 Å². The molecule has 5 heteroatoms. The zero-order valence-corrected chi connectivity index (χ0v) is 11.6. The van der Waals surface area contributed by atoms with E-state index in [2.05, 4.69) is 5.10 Å². The molecule has 0 radical (unpaired) electrons. The Morgan fingerprint density at radius 3 is 2.37 bits per heavy atom. The van der Waals surface area contributed by atoms with Gasteiger partial charge >= 0.3 is 5.97 Å². The third kappa shape index (κ3) is 2.49. The maximum absolute atomic E-state index is 11.4. The van der Waals surface area contributed by atoms with Gasteiger partial charge in [-0.3, -0.25) is 0 Å². The Kier molecular flexibility index (Phi) is 3.90. The van der Waals surface area contributed by atoms with Crippen molar-refractivity contribution in [3.05, 3.63) is 46.2 Å². The molecule has 2 aromatic rings. The minimum absolute atomic E-state index is 0.319. The normalized spacial score (nSPS) is 10.7. The van der Waals surface area contributed by atoms with Crippen LogP contribution in [0.2, 0.25) is 5.02 Å². The van der Waals surface area contributed by atoms with Crippen molar-refractivity contribution in [2.24, 2.45) is 0 Å². The quantitative estimate of drug-likeness (QED) is 0.933. The third-order valence-corrected chi connectivity index (χ3v) is 3.26. The third-order valence-electron chi connectivity index (χ3n) is 3.01. The average molecular weight is 279 g/mol. The first kappa shape index (κ1) is 13.6. The molecule has 100 valence electrons. The number of carboxylic acid groups (broad SMARTS) is 1. The first-order chi connectivity index (χ1) is 9.08. The van der Waals surface area contributed by atoms with Crippen LogP contribution in [0.15, 0.2) is 24.3 Å². The second-order valence-corrected chi connectivity index (χ2v) is 4.61. The fourth-order valence-corrected chi connectivity index (χ4v) is 2.25. The lowest BCUT2D eigenvalue weighted by Gasteiger charge is -2.06. The second-order valence-electron chi connectivity index (χ2n) is 4.17. The van der Waals surface area contributed by atoms with Crippen molar-refractivity contribution in [2.45, 2.75) is 26.7 Å². The first-order valence-corrected chi connectivity index (χ1v) is 6.56. The van der Waals surface area contributed by atoms with Crippen molar-refractivity contribution in [1.82, 2.24) is 9.78 Å². The zero-order chi connectivity index (χ0) is 14.0. The molecule has 4 nitrogen and oxygen atoms in total. The maximum Gasteiger partial charge on any atom is 0.339 e. The summed E-state index contributed by atoms with van der Waals surface area (Å²) in [6, 6.07) is 7.20. The predicted octanol–water partition coefficient (Wildman–Crippen LogP) is 3.35. The average Bonchev–Trinajstić information content (AvgIpc) is 2.78. The van der Waals surface area contributed by atoms with Crippen LogP contribution in [0, 0.1) is 0 Å². The number of carboxylic acids is 1. The molecule has 0 aliphatic carbocycles. The molecule has 19 heavy (non-hydrogen) atoms. The van der Waals surface area contributed by atoms with E-state index in [4.69, 9.17) is 11.6 Å². The highest BCUT2D eigenvalue weighted by Gasteiger charge is 2.21. The molecule has 0 saturated heterocycles. The topological polar surface area (TPSA) is 55.1 Å². The lowest BCUT2D eigenvalue weighted by molar-refractivity contribution is 0.0694. The summed E-state index contributed by atoms with van der Waals surface area (Å²) in [5, 5.41) is 14.4. The van der Waals surface area contributed by atoms with Crippen LogP contribution in [0.3, 0.4) is 0 Å². The molecule has 0 atom stereocenters. The molecule has 1 heterocycles. The van der Waals surface area contributed by atoms with Crippen molar-refractivity contribution in [1.29, 1.82) is 0 Å². The van der Waals surface area contributed by atoms with E-state index in [1.54, 1.807) is 16.8 Å². The molecule has 1 N–H and O–H groups in total. The van der Waals surface area contributed by atoms with Gasteiger partial charge in [-0.2, -0.15) is 5.10 Å². The summed E-state index contributed by atoms with van der Waals surface area (Å²) in [5.41, 5.74) is 2.47. The summed E-state index contributed by atoms with van der Waals surface area (Å²) < 4.78 is 1.69. The highest BCUT2D eigenvalue weighted by Crippen LogP contribution is 2.21. The van der Waals surface area contributed by atoms with Crippen LogP contribution in [0.4, 0.5) is 0 Å². The molecule has 0 aliphatic rings. The molecule has 0 saturated carbocycles. The molecule has 1 aromatic carbocycles. The molecular formula is C14H15ClN2O2. The summed E-state index contributed by atoms with van der Waals surface area (Å²) in [5.74, 6) is -0.922. The Hall–Kier alpha value is -1.81. The van der Waals surface area contributed by atoms with Crippen LogP contribution >= 0.6 is 11.6 Å². The van der Waals surface area contributed by atoms with Crippen molar-refractivity contribution >= 4 is 17.6 Å². The number of aromatic carboxylic acids is 1. The number of aromatic nitrogens is 2. The highest BCUT2D eigenvalue weighted by atomic mass is 35.5. The van der Waals surface area contributed by atoms with Crippen LogP contribution in [-0.4, -0.2) is 20.9 Å². The smallest absolute Gasteiger partial charge is 0.339 e. The van der Waals surface area contributed by atoms with E-state index in [0.29, 0.717) is 34.8 Å². The van der Waals surface area contributed by atoms with E-state index in [1.165, 1.54) is 0 Å². The van der Waals surface area contributed by atoms with Gasteiger partial charge in [0.05, 0.1) is 17.1 Å². The van der Waals surface area contributed by atoms with Gasteiger partial charge < -0.3 is 5.11 Å². The molecule has 1 aromatic heterocycles. The molecule has 0 fully saturated rings. The van der Waals surface area contributed by atoms with Crippen molar-refractivity contribution in [3.63, 3.8) is 0 Å². The number of nitrogens with zero attached hydrogens (tertiary/aromatic N) is 2. The van der Waals surface area contributed by atoms with E-state index in [9.17, 15) is 9.90 Å². The summed E-state index contributed by atoms with van der Waals surface area (Å²) in [7, 11) is 0. The number of halogens is 1. The molecule has 0 unspecified atom stereocenters. The first-order valence-electron chi connectivity index (χ1n) is 6.18. The number of rotatable bonds is 4. The van der Waals surface area contributed by atoms with Crippen LogP contribution in [0.5, 0.6) is 0 Å². The monoisotopic (exact) mass is 278 g/mol. The molecule has 0 spiro atoms. The van der Waals surface area contributed by atoms with E-state index in [0.717, 1.165) is 5.69 Å². The number of hydrogen-bond acceptors (Lipinski definition) is 2. The Labute approximate surface area is 116 Å². The molecular weight excluding hydrogens is 264 g/mol. The number of carbonyl (C=O) groups is 1. The SMILES string of the molecule is CCc1nn(-c2ccc(Cl)cc2)c(CC)c1C(=O)O. The van der Waals surface area contributed by atoms with E-state index in [-0.39, 0.29) is 0 Å². The van der Waals surface area contributed by atoms with Gasteiger partial charge in [0.25, 0.3) is 0 Å². The number of hydrogen-bond donors (Lipinski definition) is 1. The fraction of sp³-hybridized carbons (Fsp3) is 0.286. The lowest BCUT2D eigenvalue weighted by Crippen LogP contribution is -2.05. The van der Waals surface area contributed by atoms with Gasteiger partial charge in [0.15, 0.2) is 0 Å². The van der Waals surface area contributed by atoms with Gasteiger partial charge in [-0.25, -0.2) is 9.48 Å². The Morgan fingerprint density at radius 2 is 1.89 bits per heavy atom. The van der Waals surface area contributed by atoms with Gasteiger partial charge in [-0.15, -0.1) is 0 Å². The molecule has 2 rings (SSSR count). The van der Waals surface area contributed by atoms with E-state index >= 15 is 0 Å². The van der Waals surface area contributed by atoms with Crippen molar-refractivity contribution < 1.29 is 9.90 Å². The lowest BCUT2D eigenvalue weighted by atomic mass is 10.1. The van der Waals surface area contributed by atoms with E-state index < -0.39 is 5.97 Å². The van der Waals surface area contributed by atoms with Gasteiger partial charge in [0, 0.05) is 5.02 Å². The minimum Gasteiger partial charge on any atom is -0.478 e. The Bertz CT molecular complexity index is 603. The zero-order valence-electron chi connectivity index (χ0n) is 10.9. The van der Waals surface area contributed by atoms with Crippen LogP contribution < -0.4 is 0 Å². The molecule has 0 bridgehead atoms. The fourth-order valence-electron chi connectivity index (χ4n) is 2.12. The summed E-state index contributed by atoms with van der Waals surface area (Å²) in [6.07, 6.45) is 1.20. The summed E-state index contributed by atoms with van der Waals surface area (Å²) in [6.45, 7) is 3.83. The number of aryl methyl sites for hydroxylation is 1. The van der Waals surface area contributed by atoms with Crippen LogP contribution in [0.25, 0.3) is 5.69 Å². The van der Waals surface area contributed by atoms with Gasteiger partial charge in [0.2, 0.25) is 0 Å². The van der Waals surface area contributed by atoms with Gasteiger partial charge in [-0.1, -0.05) is 25.4 Å². The van der Waals surface area contributed by atoms with E-state index in [1.807, 2.05) is 26.0 Å². The largest absolute Gasteiger partial charge is 0.478 e. The predicted molar refractivity (Wildman–Crippen MR) is 74.3 cm³/mol. The van der Waals surface area contributed by atoms with Crippen LogP contribution in [-0.2, 0) is 12.8 Å². The highest BCUT2D eigenvalue weighted by molar-refractivity contribution is 6.30. The Morgan fingerprint density at radius 1 is 1.26 bits per heavy atom. The Balaban J connectivity index is 2.63. The van der Waals surface area contributed by atoms with Crippen molar-refractivity contribution in [3.8, 4) is 5.69 Å². The summed E-state index contributed by atoms with van der Waals surface area (Å²) >= 11 is 5.86. The van der Waals surface area contributed by atoms with Gasteiger partial charge in [-0.05, 0) is 37.1 Å². The second kappa shape index (κ2) is 5.45. The van der Waals surface area contributed by atoms with Crippen molar-refractivity contribution in [2.75, 3.05) is 0 Å². The standard InChI is InChI=1S/C14H15ClN2O2/c1-3-11-13(14(18)19)12(4-2)17(16-11)10-7-5-9(15)6-8-10/h5-8H,3-4H2,1-2H3,(H,18,19). The maximum atomic E-state index is 11.4. The minimum atomic E-state index is -0.922. The summed E-state index contributed by atoms with van der Waals surface area (Å²) in [4.78, 5) is 11.4. The molecule has 0 aliphatic heterocycles. The number of benzene rings is 1. The molecule has 0 amide bonds.